The number of aromatic nitrogens is 2. The van der Waals surface area contributed by atoms with Crippen LogP contribution in [0.1, 0.15) is 17.3 Å². The molecule has 1 unspecified atom stereocenters. The summed E-state index contributed by atoms with van der Waals surface area (Å²) >= 11 is 1.74. The highest BCUT2D eigenvalue weighted by atomic mass is 32.2. The number of thioether (sulfide) groups is 1. The van der Waals surface area contributed by atoms with Gasteiger partial charge in [0.15, 0.2) is 0 Å². The first kappa shape index (κ1) is 11.1. The Morgan fingerprint density at radius 3 is 3.00 bits per heavy atom. The van der Waals surface area contributed by atoms with Gasteiger partial charge in [0.25, 0.3) is 5.91 Å². The Kier molecular flexibility index (Phi) is 4.00. The summed E-state index contributed by atoms with van der Waals surface area (Å²) in [6.07, 6.45) is 5.20. The minimum Gasteiger partial charge on any atom is -0.338 e. The van der Waals surface area contributed by atoms with Gasteiger partial charge in [-0.15, -0.1) is 0 Å². The largest absolute Gasteiger partial charge is 0.338 e. The van der Waals surface area contributed by atoms with Gasteiger partial charge in [-0.2, -0.15) is 16.9 Å². The van der Waals surface area contributed by atoms with E-state index in [1.807, 2.05) is 20.2 Å². The third-order valence-electron chi connectivity index (χ3n) is 2.13. The van der Waals surface area contributed by atoms with Crippen molar-refractivity contribution < 1.29 is 4.79 Å². The smallest absolute Gasteiger partial charge is 0.257 e. The second kappa shape index (κ2) is 5.05. The molecule has 0 bridgehead atoms. The molecule has 0 saturated carbocycles. The van der Waals surface area contributed by atoms with Crippen molar-refractivity contribution in [3.63, 3.8) is 0 Å². The molecule has 0 aromatic carbocycles. The molecule has 1 aromatic heterocycles. The number of H-pyrrole nitrogens is 1. The zero-order chi connectivity index (χ0) is 10.6. The van der Waals surface area contributed by atoms with E-state index in [2.05, 4.69) is 10.2 Å². The Bertz CT molecular complexity index is 286. The molecule has 1 heterocycles. The summed E-state index contributed by atoms with van der Waals surface area (Å²) in [6, 6.07) is 0.243. The SMILES string of the molecule is CSCC(C)N(C)C(=O)c1cn[nH]c1. The van der Waals surface area contributed by atoms with Crippen molar-refractivity contribution in [3.8, 4) is 0 Å². The summed E-state index contributed by atoms with van der Waals surface area (Å²) in [5.74, 6) is 0.959. The van der Waals surface area contributed by atoms with Gasteiger partial charge in [0.05, 0.1) is 11.8 Å². The van der Waals surface area contributed by atoms with Crippen LogP contribution in [0.25, 0.3) is 0 Å². The van der Waals surface area contributed by atoms with Crippen LogP contribution in [-0.4, -0.2) is 46.1 Å². The maximum absolute atomic E-state index is 11.8. The van der Waals surface area contributed by atoms with Crippen molar-refractivity contribution in [3.05, 3.63) is 18.0 Å². The fourth-order valence-corrected chi connectivity index (χ4v) is 1.83. The molecule has 1 amide bonds. The number of nitrogens with zero attached hydrogens (tertiary/aromatic N) is 2. The first-order valence-corrected chi connectivity index (χ1v) is 5.81. The van der Waals surface area contributed by atoms with Gasteiger partial charge in [0, 0.05) is 25.0 Å². The highest BCUT2D eigenvalue weighted by molar-refractivity contribution is 7.98. The molecule has 78 valence electrons. The highest BCUT2D eigenvalue weighted by Gasteiger charge is 2.17. The minimum atomic E-state index is 0.0142. The quantitative estimate of drug-likeness (QED) is 0.818. The van der Waals surface area contributed by atoms with Crippen molar-refractivity contribution in [2.75, 3.05) is 19.1 Å². The number of rotatable bonds is 4. The normalized spacial score (nSPS) is 12.5. The highest BCUT2D eigenvalue weighted by Crippen LogP contribution is 2.08. The van der Waals surface area contributed by atoms with Gasteiger partial charge in [-0.05, 0) is 13.2 Å². The van der Waals surface area contributed by atoms with Gasteiger partial charge in [0.2, 0.25) is 0 Å². The van der Waals surface area contributed by atoms with Crippen LogP contribution >= 0.6 is 11.8 Å². The van der Waals surface area contributed by atoms with Crippen LogP contribution in [0.2, 0.25) is 0 Å². The molecular formula is C9H15N3OS. The van der Waals surface area contributed by atoms with Crippen molar-refractivity contribution >= 4 is 17.7 Å². The summed E-state index contributed by atoms with van der Waals surface area (Å²) in [6.45, 7) is 2.04. The molecular weight excluding hydrogens is 198 g/mol. The third-order valence-corrected chi connectivity index (χ3v) is 2.95. The van der Waals surface area contributed by atoms with E-state index >= 15 is 0 Å². The van der Waals surface area contributed by atoms with Crippen LogP contribution in [0.3, 0.4) is 0 Å². The fraction of sp³-hybridized carbons (Fsp3) is 0.556. The first-order valence-electron chi connectivity index (χ1n) is 4.41. The summed E-state index contributed by atoms with van der Waals surface area (Å²) < 4.78 is 0. The first-order chi connectivity index (χ1) is 6.66. The second-order valence-corrected chi connectivity index (χ2v) is 4.12. The number of nitrogens with one attached hydrogen (secondary N) is 1. The number of carbonyl (C=O) groups is 1. The van der Waals surface area contributed by atoms with Crippen LogP contribution in [-0.2, 0) is 0 Å². The number of carbonyl (C=O) groups excluding carboxylic acids is 1. The van der Waals surface area contributed by atoms with Gasteiger partial charge in [-0.1, -0.05) is 0 Å². The topological polar surface area (TPSA) is 49.0 Å². The van der Waals surface area contributed by atoms with E-state index in [1.54, 1.807) is 29.1 Å². The molecule has 0 fully saturated rings. The standard InChI is InChI=1S/C9H15N3OS/c1-7(6-14-3)12(2)9(13)8-4-10-11-5-8/h4-5,7H,6H2,1-3H3,(H,10,11). The lowest BCUT2D eigenvalue weighted by Crippen LogP contribution is -2.36. The van der Waals surface area contributed by atoms with Crippen molar-refractivity contribution in [1.82, 2.24) is 15.1 Å². The molecule has 0 aliphatic heterocycles. The van der Waals surface area contributed by atoms with Gasteiger partial charge in [-0.25, -0.2) is 0 Å². The Labute approximate surface area is 88.1 Å². The summed E-state index contributed by atoms with van der Waals surface area (Å²) in [5.41, 5.74) is 0.612. The van der Waals surface area contributed by atoms with E-state index in [1.165, 1.54) is 0 Å². The lowest BCUT2D eigenvalue weighted by Gasteiger charge is -2.23. The molecule has 0 spiro atoms. The fourth-order valence-electron chi connectivity index (χ4n) is 1.12. The summed E-state index contributed by atoms with van der Waals surface area (Å²) in [5, 5.41) is 6.39. The molecule has 5 heteroatoms. The minimum absolute atomic E-state index is 0.0142. The molecule has 14 heavy (non-hydrogen) atoms. The maximum atomic E-state index is 11.8. The lowest BCUT2D eigenvalue weighted by molar-refractivity contribution is 0.0757. The number of hydrogen-bond donors (Lipinski definition) is 1. The predicted molar refractivity (Wildman–Crippen MR) is 58.5 cm³/mol. The van der Waals surface area contributed by atoms with Gasteiger partial charge < -0.3 is 4.90 Å². The van der Waals surface area contributed by atoms with Gasteiger partial charge >= 0.3 is 0 Å². The molecule has 1 N–H and O–H groups in total. The Morgan fingerprint density at radius 2 is 2.50 bits per heavy atom. The van der Waals surface area contributed by atoms with Crippen LogP contribution in [0.5, 0.6) is 0 Å². The number of hydrogen-bond acceptors (Lipinski definition) is 3. The molecule has 1 aromatic rings. The van der Waals surface area contributed by atoms with Gasteiger partial charge in [-0.3, -0.25) is 9.89 Å². The van der Waals surface area contributed by atoms with E-state index in [-0.39, 0.29) is 11.9 Å². The van der Waals surface area contributed by atoms with E-state index < -0.39 is 0 Å². The van der Waals surface area contributed by atoms with Crippen molar-refractivity contribution in [2.24, 2.45) is 0 Å². The molecule has 0 radical (unpaired) electrons. The molecule has 0 saturated heterocycles. The summed E-state index contributed by atoms with van der Waals surface area (Å²) in [7, 11) is 1.82. The van der Waals surface area contributed by atoms with Crippen molar-refractivity contribution in [2.45, 2.75) is 13.0 Å². The van der Waals surface area contributed by atoms with Gasteiger partial charge in [0.1, 0.15) is 0 Å². The molecule has 1 atom stereocenters. The van der Waals surface area contributed by atoms with Crippen LogP contribution in [0.4, 0.5) is 0 Å². The molecule has 0 aliphatic carbocycles. The second-order valence-electron chi connectivity index (χ2n) is 3.21. The average molecular weight is 213 g/mol. The van der Waals surface area contributed by atoms with E-state index in [4.69, 9.17) is 0 Å². The number of aromatic amines is 1. The maximum Gasteiger partial charge on any atom is 0.257 e. The van der Waals surface area contributed by atoms with Crippen molar-refractivity contribution in [1.29, 1.82) is 0 Å². The van der Waals surface area contributed by atoms with E-state index in [0.717, 1.165) is 5.75 Å². The molecule has 0 aliphatic rings. The van der Waals surface area contributed by atoms with Crippen LogP contribution in [0, 0.1) is 0 Å². The Hall–Kier alpha value is -0.970. The van der Waals surface area contributed by atoms with E-state index in [0.29, 0.717) is 5.56 Å². The monoisotopic (exact) mass is 213 g/mol. The lowest BCUT2D eigenvalue weighted by atomic mass is 10.2. The van der Waals surface area contributed by atoms with E-state index in [9.17, 15) is 4.79 Å². The van der Waals surface area contributed by atoms with Crippen LogP contribution in [0.15, 0.2) is 12.4 Å². The average Bonchev–Trinajstić information content (AvgIpc) is 2.68. The van der Waals surface area contributed by atoms with Crippen LogP contribution < -0.4 is 0 Å². The zero-order valence-electron chi connectivity index (χ0n) is 8.65. The Morgan fingerprint density at radius 1 is 1.79 bits per heavy atom. The summed E-state index contributed by atoms with van der Waals surface area (Å²) in [4.78, 5) is 13.5. The Balaban J connectivity index is 2.61. The molecule has 4 nitrogen and oxygen atoms in total. The molecule has 1 rings (SSSR count). The zero-order valence-corrected chi connectivity index (χ0v) is 9.47. The third kappa shape index (κ3) is 2.51. The number of amides is 1. The predicted octanol–water partition coefficient (Wildman–Crippen LogP) is 1.23.